The Morgan fingerprint density at radius 3 is 2.07 bits per heavy atom. The molecule has 0 spiro atoms. The number of nitrogens with zero attached hydrogens (tertiary/aromatic N) is 2. The lowest BCUT2D eigenvalue weighted by atomic mass is 9.98. The summed E-state index contributed by atoms with van der Waals surface area (Å²) in [5.74, 6) is -0.259. The zero-order valence-electron chi connectivity index (χ0n) is 24.9. The monoisotopic (exact) mass is 616 g/mol. The first-order chi connectivity index (χ1) is 20.3. The molecule has 7 nitrogen and oxygen atoms in total. The molecule has 43 heavy (non-hydrogen) atoms. The van der Waals surface area contributed by atoms with Crippen LogP contribution in [0.3, 0.4) is 0 Å². The van der Waals surface area contributed by atoms with Gasteiger partial charge in [-0.05, 0) is 71.8 Å². The minimum absolute atomic E-state index is 0.0270. The van der Waals surface area contributed by atoms with Gasteiger partial charge in [-0.3, -0.25) is 4.79 Å². The van der Waals surface area contributed by atoms with Crippen LogP contribution in [0.15, 0.2) is 77.7 Å². The van der Waals surface area contributed by atoms with Crippen molar-refractivity contribution < 1.29 is 26.4 Å². The van der Waals surface area contributed by atoms with Crippen molar-refractivity contribution in [2.24, 2.45) is 0 Å². The van der Waals surface area contributed by atoms with Crippen molar-refractivity contribution in [3.63, 3.8) is 0 Å². The van der Waals surface area contributed by atoms with Crippen LogP contribution in [0, 0.1) is 0 Å². The number of hydrogen-bond donors (Lipinski definition) is 2. The normalized spacial score (nSPS) is 18.0. The summed E-state index contributed by atoms with van der Waals surface area (Å²) >= 11 is 0. The number of carbonyl (C=O) groups is 1. The summed E-state index contributed by atoms with van der Waals surface area (Å²) in [6.07, 6.45) is -3.69. The SMILES string of the molecule is CC(C)c1ccc(S(=O)(=O)N2CC[C@@H](NCc3ccc(N(C)C)cc3)C[C@@H]2C(=O)NCc2ccc(C(F)(F)F)cc2)cc1. The third-order valence-corrected chi connectivity index (χ3v) is 9.73. The van der Waals surface area contributed by atoms with Gasteiger partial charge in [0, 0.05) is 45.5 Å². The second kappa shape index (κ2) is 13.5. The highest BCUT2D eigenvalue weighted by atomic mass is 32.2. The van der Waals surface area contributed by atoms with Gasteiger partial charge in [0.15, 0.2) is 0 Å². The number of alkyl halides is 3. The van der Waals surface area contributed by atoms with E-state index >= 15 is 0 Å². The summed E-state index contributed by atoms with van der Waals surface area (Å²) in [4.78, 5) is 15.6. The maximum absolute atomic E-state index is 13.8. The Balaban J connectivity index is 1.50. The van der Waals surface area contributed by atoms with Crippen LogP contribution in [0.4, 0.5) is 18.9 Å². The number of benzene rings is 3. The molecule has 1 heterocycles. The highest BCUT2D eigenvalue weighted by Gasteiger charge is 2.40. The molecule has 3 aromatic carbocycles. The molecular formula is C32H39F3N4O3S. The summed E-state index contributed by atoms with van der Waals surface area (Å²) in [7, 11) is -0.0545. The van der Waals surface area contributed by atoms with Gasteiger partial charge in [-0.2, -0.15) is 17.5 Å². The molecule has 1 amide bonds. The van der Waals surface area contributed by atoms with Gasteiger partial charge in [0.2, 0.25) is 15.9 Å². The smallest absolute Gasteiger partial charge is 0.378 e. The van der Waals surface area contributed by atoms with Crippen molar-refractivity contribution in [2.45, 2.75) is 68.9 Å². The predicted molar refractivity (Wildman–Crippen MR) is 162 cm³/mol. The van der Waals surface area contributed by atoms with Crippen molar-refractivity contribution >= 4 is 21.6 Å². The Bertz CT molecular complexity index is 1470. The molecule has 3 aromatic rings. The fourth-order valence-corrected chi connectivity index (χ4v) is 6.72. The Kier molecular flexibility index (Phi) is 10.2. The van der Waals surface area contributed by atoms with Gasteiger partial charge >= 0.3 is 6.18 Å². The molecule has 1 aliphatic heterocycles. The average Bonchev–Trinajstić information content (AvgIpc) is 2.98. The number of rotatable bonds is 10. The number of amides is 1. The molecule has 1 saturated heterocycles. The fourth-order valence-electron chi connectivity index (χ4n) is 5.11. The molecule has 0 saturated carbocycles. The Hall–Kier alpha value is -3.41. The molecule has 2 atom stereocenters. The molecule has 0 aromatic heterocycles. The highest BCUT2D eigenvalue weighted by molar-refractivity contribution is 7.89. The van der Waals surface area contributed by atoms with Crippen LogP contribution < -0.4 is 15.5 Å². The summed E-state index contributed by atoms with van der Waals surface area (Å²) in [5.41, 5.74) is 2.85. The van der Waals surface area contributed by atoms with E-state index < -0.39 is 33.7 Å². The minimum atomic E-state index is -4.46. The molecule has 1 aliphatic rings. The largest absolute Gasteiger partial charge is 0.416 e. The van der Waals surface area contributed by atoms with Gasteiger partial charge in [-0.25, -0.2) is 8.42 Å². The van der Waals surface area contributed by atoms with Crippen LogP contribution in [0.2, 0.25) is 0 Å². The molecule has 0 bridgehead atoms. The van der Waals surface area contributed by atoms with Gasteiger partial charge in [-0.15, -0.1) is 0 Å². The van der Waals surface area contributed by atoms with Crippen LogP contribution in [-0.2, 0) is 34.1 Å². The van der Waals surface area contributed by atoms with Gasteiger partial charge in [0.25, 0.3) is 0 Å². The van der Waals surface area contributed by atoms with E-state index in [1.54, 1.807) is 24.3 Å². The molecular weight excluding hydrogens is 577 g/mol. The molecule has 4 rings (SSSR count). The lowest BCUT2D eigenvalue weighted by Gasteiger charge is -2.38. The first kappa shape index (κ1) is 32.5. The second-order valence-corrected chi connectivity index (χ2v) is 13.3. The van der Waals surface area contributed by atoms with Crippen molar-refractivity contribution in [3.8, 4) is 0 Å². The lowest BCUT2D eigenvalue weighted by Crippen LogP contribution is -2.56. The van der Waals surface area contributed by atoms with Gasteiger partial charge in [0.05, 0.1) is 10.5 Å². The van der Waals surface area contributed by atoms with E-state index in [-0.39, 0.29) is 36.4 Å². The van der Waals surface area contributed by atoms with Crippen molar-refractivity contribution in [1.29, 1.82) is 0 Å². The van der Waals surface area contributed by atoms with Gasteiger partial charge in [-0.1, -0.05) is 50.2 Å². The highest BCUT2D eigenvalue weighted by Crippen LogP contribution is 2.30. The van der Waals surface area contributed by atoms with E-state index in [1.165, 1.54) is 16.4 Å². The van der Waals surface area contributed by atoms with E-state index in [0.29, 0.717) is 18.5 Å². The van der Waals surface area contributed by atoms with E-state index in [9.17, 15) is 26.4 Å². The zero-order chi connectivity index (χ0) is 31.4. The van der Waals surface area contributed by atoms with Crippen LogP contribution in [0.5, 0.6) is 0 Å². The Morgan fingerprint density at radius 2 is 1.51 bits per heavy atom. The first-order valence-corrected chi connectivity index (χ1v) is 15.7. The number of piperidine rings is 1. The molecule has 11 heteroatoms. The average molecular weight is 617 g/mol. The number of hydrogen-bond acceptors (Lipinski definition) is 5. The van der Waals surface area contributed by atoms with Crippen molar-refractivity contribution in [2.75, 3.05) is 25.5 Å². The van der Waals surface area contributed by atoms with E-state index in [0.717, 1.165) is 28.9 Å². The Labute approximate surface area is 252 Å². The summed E-state index contributed by atoms with van der Waals surface area (Å²) in [6, 6.07) is 18.2. The van der Waals surface area contributed by atoms with E-state index in [4.69, 9.17) is 0 Å². The van der Waals surface area contributed by atoms with Crippen LogP contribution in [0.25, 0.3) is 0 Å². The summed E-state index contributed by atoms with van der Waals surface area (Å²) in [5, 5.41) is 6.23. The summed E-state index contributed by atoms with van der Waals surface area (Å²) in [6.45, 7) is 4.72. The number of nitrogens with one attached hydrogen (secondary N) is 2. The standard InChI is InChI=1S/C32H39F3N4O3S/c1-22(2)25-9-15-29(16-10-25)43(41,42)39-18-17-27(36-20-24-7-13-28(14-8-24)38(3)4)19-30(39)31(40)37-21-23-5-11-26(12-6-23)32(33,34)35/h5-16,22,27,30,36H,17-21H2,1-4H3,(H,37,40)/t27-,30-/m1/s1. The molecule has 0 radical (unpaired) electrons. The predicted octanol–water partition coefficient (Wildman–Crippen LogP) is 5.52. The molecule has 0 unspecified atom stereocenters. The molecule has 232 valence electrons. The summed E-state index contributed by atoms with van der Waals surface area (Å²) < 4.78 is 67.7. The third kappa shape index (κ3) is 8.16. The number of carbonyl (C=O) groups excluding carboxylic acids is 1. The van der Waals surface area contributed by atoms with Crippen molar-refractivity contribution in [1.82, 2.24) is 14.9 Å². The minimum Gasteiger partial charge on any atom is -0.378 e. The number of halogens is 3. The molecule has 2 N–H and O–H groups in total. The maximum Gasteiger partial charge on any atom is 0.416 e. The topological polar surface area (TPSA) is 81.8 Å². The fraction of sp³-hybridized carbons (Fsp3) is 0.406. The maximum atomic E-state index is 13.8. The molecule has 1 fully saturated rings. The van der Waals surface area contributed by atoms with Crippen LogP contribution in [0.1, 0.15) is 54.9 Å². The number of sulfonamides is 1. The van der Waals surface area contributed by atoms with Gasteiger partial charge < -0.3 is 15.5 Å². The molecule has 0 aliphatic carbocycles. The van der Waals surface area contributed by atoms with E-state index in [2.05, 4.69) is 10.6 Å². The second-order valence-electron chi connectivity index (χ2n) is 11.4. The van der Waals surface area contributed by atoms with Crippen LogP contribution >= 0.6 is 0 Å². The van der Waals surface area contributed by atoms with E-state index in [1.807, 2.05) is 57.1 Å². The first-order valence-electron chi connectivity index (χ1n) is 14.3. The lowest BCUT2D eigenvalue weighted by molar-refractivity contribution is -0.137. The quantitative estimate of drug-likeness (QED) is 0.314. The van der Waals surface area contributed by atoms with Crippen molar-refractivity contribution in [3.05, 3.63) is 95.1 Å². The third-order valence-electron chi connectivity index (χ3n) is 7.80. The van der Waals surface area contributed by atoms with Crippen LogP contribution in [-0.4, -0.2) is 51.4 Å². The number of anilines is 1. The zero-order valence-corrected chi connectivity index (χ0v) is 25.7. The Morgan fingerprint density at radius 1 is 0.930 bits per heavy atom. The van der Waals surface area contributed by atoms with Gasteiger partial charge in [0.1, 0.15) is 6.04 Å².